The molecule has 3 heterocycles. The number of piperazine rings is 1. The molecule has 0 aliphatic carbocycles. The van der Waals surface area contributed by atoms with E-state index in [2.05, 4.69) is 27.1 Å². The average Bonchev–Trinajstić information content (AvgIpc) is 2.98. The van der Waals surface area contributed by atoms with Gasteiger partial charge in [0.25, 0.3) is 0 Å². The van der Waals surface area contributed by atoms with E-state index in [0.717, 1.165) is 12.6 Å². The predicted octanol–water partition coefficient (Wildman–Crippen LogP) is 0.0601. The normalized spacial score (nSPS) is 36.5. The second-order valence-corrected chi connectivity index (χ2v) is 6.36. The van der Waals surface area contributed by atoms with Crippen LogP contribution in [0.3, 0.4) is 0 Å². The van der Waals surface area contributed by atoms with Crippen LogP contribution >= 0.6 is 0 Å². The fraction of sp³-hybridized carbons (Fsp3) is 1.00. The zero-order valence-electron chi connectivity index (χ0n) is 11.8. The molecular formula is C14H28N4. The Labute approximate surface area is 111 Å². The van der Waals surface area contributed by atoms with Gasteiger partial charge in [0.1, 0.15) is 0 Å². The first-order valence-electron chi connectivity index (χ1n) is 7.69. The fourth-order valence-corrected chi connectivity index (χ4v) is 3.81. The minimum absolute atomic E-state index is 0.682. The van der Waals surface area contributed by atoms with Gasteiger partial charge in [0.2, 0.25) is 0 Å². The molecule has 2 atom stereocenters. The first-order chi connectivity index (χ1) is 8.81. The summed E-state index contributed by atoms with van der Waals surface area (Å²) in [6.07, 6.45) is 4.24. The van der Waals surface area contributed by atoms with E-state index in [4.69, 9.17) is 0 Å². The van der Waals surface area contributed by atoms with Crippen molar-refractivity contribution < 1.29 is 0 Å². The standard InChI is InChI=1S/C14H28N4/c1-16-9-5-15-13(10-16)11-17-8-4-14(12-17)18-6-2-3-7-18/h13-15H,2-12H2,1H3. The molecule has 3 fully saturated rings. The molecule has 0 radical (unpaired) electrons. The Morgan fingerprint density at radius 3 is 2.67 bits per heavy atom. The molecule has 0 spiro atoms. The lowest BCUT2D eigenvalue weighted by Gasteiger charge is -2.33. The van der Waals surface area contributed by atoms with Gasteiger partial charge in [-0.05, 0) is 45.9 Å². The Kier molecular flexibility index (Phi) is 4.19. The van der Waals surface area contributed by atoms with E-state index < -0.39 is 0 Å². The number of nitrogens with one attached hydrogen (secondary N) is 1. The highest BCUT2D eigenvalue weighted by Crippen LogP contribution is 2.20. The molecule has 18 heavy (non-hydrogen) atoms. The van der Waals surface area contributed by atoms with Gasteiger partial charge in [0.05, 0.1) is 0 Å². The first-order valence-corrected chi connectivity index (χ1v) is 7.69. The molecule has 1 N–H and O–H groups in total. The first kappa shape index (κ1) is 12.9. The highest BCUT2D eigenvalue weighted by molar-refractivity contribution is 4.88. The minimum atomic E-state index is 0.682. The molecule has 0 aromatic carbocycles. The third-order valence-electron chi connectivity index (χ3n) is 4.84. The molecule has 0 saturated carbocycles. The predicted molar refractivity (Wildman–Crippen MR) is 74.9 cm³/mol. The molecule has 3 rings (SSSR count). The van der Waals surface area contributed by atoms with E-state index in [0.29, 0.717) is 6.04 Å². The summed E-state index contributed by atoms with van der Waals surface area (Å²) in [5, 5.41) is 3.66. The Bertz CT molecular complexity index is 265. The summed E-state index contributed by atoms with van der Waals surface area (Å²) in [7, 11) is 2.24. The fourth-order valence-electron chi connectivity index (χ4n) is 3.81. The number of nitrogens with zero attached hydrogens (tertiary/aromatic N) is 3. The Morgan fingerprint density at radius 1 is 1.06 bits per heavy atom. The number of hydrogen-bond acceptors (Lipinski definition) is 4. The van der Waals surface area contributed by atoms with Gasteiger partial charge in [-0.3, -0.25) is 4.90 Å². The summed E-state index contributed by atoms with van der Waals surface area (Å²) in [5.74, 6) is 0. The van der Waals surface area contributed by atoms with Gasteiger partial charge in [-0.2, -0.15) is 0 Å². The Balaban J connectivity index is 1.44. The van der Waals surface area contributed by atoms with Crippen LogP contribution < -0.4 is 5.32 Å². The van der Waals surface area contributed by atoms with E-state index >= 15 is 0 Å². The van der Waals surface area contributed by atoms with Crippen LogP contribution in [0, 0.1) is 0 Å². The van der Waals surface area contributed by atoms with Crippen molar-refractivity contribution in [2.45, 2.75) is 31.3 Å². The molecule has 0 aromatic rings. The molecular weight excluding hydrogens is 224 g/mol. The van der Waals surface area contributed by atoms with Crippen LogP contribution in [0.15, 0.2) is 0 Å². The highest BCUT2D eigenvalue weighted by atomic mass is 15.3. The Morgan fingerprint density at radius 2 is 1.89 bits per heavy atom. The van der Waals surface area contributed by atoms with Gasteiger partial charge >= 0.3 is 0 Å². The van der Waals surface area contributed by atoms with Crippen molar-refractivity contribution in [3.05, 3.63) is 0 Å². The maximum absolute atomic E-state index is 3.66. The van der Waals surface area contributed by atoms with Crippen LogP contribution in [-0.4, -0.2) is 86.2 Å². The lowest BCUT2D eigenvalue weighted by Crippen LogP contribution is -2.53. The molecule has 3 aliphatic heterocycles. The van der Waals surface area contributed by atoms with Crippen LogP contribution in [0.5, 0.6) is 0 Å². The molecule has 3 saturated heterocycles. The molecule has 4 nitrogen and oxygen atoms in total. The van der Waals surface area contributed by atoms with E-state index in [1.165, 1.54) is 65.1 Å². The van der Waals surface area contributed by atoms with E-state index in [9.17, 15) is 0 Å². The van der Waals surface area contributed by atoms with Gasteiger partial charge in [-0.1, -0.05) is 0 Å². The van der Waals surface area contributed by atoms with Crippen molar-refractivity contribution in [3.63, 3.8) is 0 Å². The van der Waals surface area contributed by atoms with Crippen LogP contribution in [0.1, 0.15) is 19.3 Å². The summed E-state index contributed by atoms with van der Waals surface area (Å²) >= 11 is 0. The third kappa shape index (κ3) is 3.05. The van der Waals surface area contributed by atoms with Crippen molar-refractivity contribution in [1.29, 1.82) is 0 Å². The zero-order chi connectivity index (χ0) is 12.4. The minimum Gasteiger partial charge on any atom is -0.310 e. The largest absolute Gasteiger partial charge is 0.310 e. The molecule has 0 amide bonds. The molecule has 4 heteroatoms. The van der Waals surface area contributed by atoms with Crippen LogP contribution in [-0.2, 0) is 0 Å². The molecule has 0 bridgehead atoms. The second-order valence-electron chi connectivity index (χ2n) is 6.36. The number of likely N-dealkylation sites (tertiary alicyclic amines) is 2. The van der Waals surface area contributed by atoms with Crippen LogP contribution in [0.2, 0.25) is 0 Å². The smallest absolute Gasteiger partial charge is 0.0323 e. The van der Waals surface area contributed by atoms with E-state index in [1.54, 1.807) is 0 Å². The number of rotatable bonds is 3. The summed E-state index contributed by atoms with van der Waals surface area (Å²) in [6, 6.07) is 1.54. The summed E-state index contributed by atoms with van der Waals surface area (Å²) in [6.45, 7) is 10.1. The van der Waals surface area contributed by atoms with Gasteiger partial charge in [-0.25, -0.2) is 0 Å². The van der Waals surface area contributed by atoms with Gasteiger partial charge in [-0.15, -0.1) is 0 Å². The van der Waals surface area contributed by atoms with Gasteiger partial charge in [0.15, 0.2) is 0 Å². The highest BCUT2D eigenvalue weighted by Gasteiger charge is 2.30. The van der Waals surface area contributed by atoms with Crippen LogP contribution in [0.4, 0.5) is 0 Å². The molecule has 104 valence electrons. The molecule has 2 unspecified atom stereocenters. The lowest BCUT2D eigenvalue weighted by atomic mass is 10.2. The number of hydrogen-bond donors (Lipinski definition) is 1. The van der Waals surface area contributed by atoms with Crippen molar-refractivity contribution >= 4 is 0 Å². The van der Waals surface area contributed by atoms with Crippen molar-refractivity contribution in [2.75, 3.05) is 59.4 Å². The zero-order valence-corrected chi connectivity index (χ0v) is 11.8. The van der Waals surface area contributed by atoms with Gasteiger partial charge < -0.3 is 15.1 Å². The summed E-state index contributed by atoms with van der Waals surface area (Å²) in [5.41, 5.74) is 0. The monoisotopic (exact) mass is 252 g/mol. The molecule has 3 aliphatic rings. The SMILES string of the molecule is CN1CCNC(CN2CCC(N3CCCC3)C2)C1. The lowest BCUT2D eigenvalue weighted by molar-refractivity contribution is 0.183. The maximum Gasteiger partial charge on any atom is 0.0323 e. The van der Waals surface area contributed by atoms with Crippen molar-refractivity contribution in [3.8, 4) is 0 Å². The average molecular weight is 252 g/mol. The maximum atomic E-state index is 3.66. The quantitative estimate of drug-likeness (QED) is 0.767. The van der Waals surface area contributed by atoms with Crippen molar-refractivity contribution in [2.24, 2.45) is 0 Å². The summed E-state index contributed by atoms with van der Waals surface area (Å²) < 4.78 is 0. The number of likely N-dealkylation sites (N-methyl/N-ethyl adjacent to an activating group) is 1. The van der Waals surface area contributed by atoms with Gasteiger partial charge in [0, 0.05) is 44.8 Å². The summed E-state index contributed by atoms with van der Waals surface area (Å²) in [4.78, 5) is 7.86. The van der Waals surface area contributed by atoms with E-state index in [-0.39, 0.29) is 0 Å². The third-order valence-corrected chi connectivity index (χ3v) is 4.84. The Hall–Kier alpha value is -0.160. The van der Waals surface area contributed by atoms with Crippen LogP contribution in [0.25, 0.3) is 0 Å². The topological polar surface area (TPSA) is 21.8 Å². The van der Waals surface area contributed by atoms with Crippen molar-refractivity contribution in [1.82, 2.24) is 20.0 Å². The molecule has 0 aromatic heterocycles. The second kappa shape index (κ2) is 5.87. The van der Waals surface area contributed by atoms with E-state index in [1.807, 2.05) is 0 Å².